The molecule has 0 bridgehead atoms. The third kappa shape index (κ3) is 6.40. The van der Waals surface area contributed by atoms with E-state index in [9.17, 15) is 19.2 Å². The van der Waals surface area contributed by atoms with Crippen LogP contribution in [0.1, 0.15) is 159 Å². The molecular weight excluding hydrogens is 633 g/mol. The van der Waals surface area contributed by atoms with Crippen molar-refractivity contribution in [3.05, 3.63) is 70.8 Å². The number of nitrogens with zero attached hydrogens (tertiary/aromatic N) is 2. The van der Waals surface area contributed by atoms with E-state index in [0.29, 0.717) is 51.5 Å². The number of hydrogen-bond acceptors (Lipinski definition) is 4. The van der Waals surface area contributed by atoms with Gasteiger partial charge in [-0.1, -0.05) is 123 Å². The van der Waals surface area contributed by atoms with Gasteiger partial charge in [0.1, 0.15) is 0 Å². The van der Waals surface area contributed by atoms with Gasteiger partial charge in [0.2, 0.25) is 0 Å². The summed E-state index contributed by atoms with van der Waals surface area (Å²) in [6.45, 7) is 9.85. The van der Waals surface area contributed by atoms with Crippen molar-refractivity contribution < 1.29 is 19.2 Å². The molecule has 0 radical (unpaired) electrons. The third-order valence-corrected chi connectivity index (χ3v) is 11.3. The lowest BCUT2D eigenvalue weighted by Gasteiger charge is -2.30. The molecule has 5 aromatic rings. The lowest BCUT2D eigenvalue weighted by molar-refractivity contribution is 0.0592. The van der Waals surface area contributed by atoms with Crippen LogP contribution in [0, 0.1) is 5.41 Å². The second-order valence-electron chi connectivity index (χ2n) is 16.2. The lowest BCUT2D eigenvalue weighted by Crippen LogP contribution is -2.41. The fourth-order valence-corrected chi connectivity index (χ4v) is 8.63. The number of unbranched alkanes of at least 4 members (excludes halogenated alkanes) is 11. The molecule has 4 amide bonds. The van der Waals surface area contributed by atoms with Gasteiger partial charge in [-0.25, -0.2) is 0 Å². The topological polar surface area (TPSA) is 74.8 Å². The molecule has 0 aliphatic carbocycles. The van der Waals surface area contributed by atoms with E-state index in [2.05, 4.69) is 27.7 Å². The van der Waals surface area contributed by atoms with Crippen molar-refractivity contribution in [3.8, 4) is 0 Å². The molecule has 5 aromatic carbocycles. The molecule has 266 valence electrons. The first-order valence-corrected chi connectivity index (χ1v) is 19.5. The molecular formula is C45H52N2O4. The molecule has 2 aliphatic heterocycles. The van der Waals surface area contributed by atoms with E-state index in [0.717, 1.165) is 77.3 Å². The van der Waals surface area contributed by atoms with Gasteiger partial charge in [0.05, 0.1) is 0 Å². The molecule has 2 aliphatic rings. The maximum absolute atomic E-state index is 13.9. The number of carbonyl (C=O) groups is 4. The SMILES string of the molecule is CCCCCCCCCCCN1C(=O)c2ccc3c4ccc5c6c(ccc(c7ccc(c2c37)C1=O)c64)C(=O)N(CCCCCCC(C)(C)C)C5=O. The highest BCUT2D eigenvalue weighted by molar-refractivity contribution is 6.41. The fraction of sp³-hybridized carbons (Fsp3) is 0.467. The van der Waals surface area contributed by atoms with Crippen LogP contribution in [0.3, 0.4) is 0 Å². The molecule has 0 unspecified atom stereocenters. The minimum absolute atomic E-state index is 0.225. The molecule has 7 rings (SSSR count). The molecule has 0 spiro atoms. The van der Waals surface area contributed by atoms with Gasteiger partial charge in [-0.05, 0) is 81.3 Å². The largest absolute Gasteiger partial charge is 0.274 e. The van der Waals surface area contributed by atoms with E-state index in [4.69, 9.17) is 0 Å². The van der Waals surface area contributed by atoms with Gasteiger partial charge in [-0.2, -0.15) is 0 Å². The molecule has 51 heavy (non-hydrogen) atoms. The summed E-state index contributed by atoms with van der Waals surface area (Å²) in [6.07, 6.45) is 15.8. The van der Waals surface area contributed by atoms with Gasteiger partial charge in [0.25, 0.3) is 23.6 Å². The molecule has 0 saturated carbocycles. The second kappa shape index (κ2) is 14.4. The van der Waals surface area contributed by atoms with Gasteiger partial charge in [0, 0.05) is 46.1 Å². The van der Waals surface area contributed by atoms with Crippen LogP contribution in [0.2, 0.25) is 0 Å². The van der Waals surface area contributed by atoms with Crippen molar-refractivity contribution in [2.24, 2.45) is 5.41 Å². The third-order valence-electron chi connectivity index (χ3n) is 11.3. The summed E-state index contributed by atoms with van der Waals surface area (Å²) in [5, 5.41) is 6.90. The van der Waals surface area contributed by atoms with Crippen LogP contribution in [0.4, 0.5) is 0 Å². The smallest absolute Gasteiger partial charge is 0.261 e. The molecule has 0 N–H and O–H groups in total. The molecule has 0 fully saturated rings. The van der Waals surface area contributed by atoms with E-state index >= 15 is 0 Å². The van der Waals surface area contributed by atoms with E-state index in [1.54, 1.807) is 0 Å². The highest BCUT2D eigenvalue weighted by Crippen LogP contribution is 2.46. The number of carbonyl (C=O) groups excluding carboxylic acids is 4. The Morgan fingerprint density at radius 1 is 0.412 bits per heavy atom. The van der Waals surface area contributed by atoms with Crippen LogP contribution < -0.4 is 0 Å². The van der Waals surface area contributed by atoms with Crippen LogP contribution in [0.15, 0.2) is 48.5 Å². The highest BCUT2D eigenvalue weighted by atomic mass is 16.2. The number of hydrogen-bond donors (Lipinski definition) is 0. The first-order valence-electron chi connectivity index (χ1n) is 19.5. The summed E-state index contributed by atoms with van der Waals surface area (Å²) in [7, 11) is 0. The Morgan fingerprint density at radius 3 is 1.06 bits per heavy atom. The maximum atomic E-state index is 13.9. The van der Waals surface area contributed by atoms with E-state index < -0.39 is 0 Å². The zero-order valence-corrected chi connectivity index (χ0v) is 31.0. The quantitative estimate of drug-likeness (QED) is 0.0449. The molecule has 6 heteroatoms. The molecule has 0 saturated heterocycles. The van der Waals surface area contributed by atoms with Gasteiger partial charge < -0.3 is 0 Å². The van der Waals surface area contributed by atoms with Crippen molar-refractivity contribution in [1.29, 1.82) is 0 Å². The zero-order valence-electron chi connectivity index (χ0n) is 31.0. The first-order chi connectivity index (χ1) is 24.6. The fourth-order valence-electron chi connectivity index (χ4n) is 8.63. The monoisotopic (exact) mass is 684 g/mol. The lowest BCUT2D eigenvalue weighted by atomic mass is 9.82. The zero-order chi connectivity index (χ0) is 35.9. The average Bonchev–Trinajstić information content (AvgIpc) is 3.11. The van der Waals surface area contributed by atoms with Crippen LogP contribution >= 0.6 is 0 Å². The second-order valence-corrected chi connectivity index (χ2v) is 16.2. The average molecular weight is 685 g/mol. The Balaban J connectivity index is 1.15. The number of amides is 4. The number of imide groups is 2. The summed E-state index contributed by atoms with van der Waals surface area (Å²) in [5.41, 5.74) is 2.56. The summed E-state index contributed by atoms with van der Waals surface area (Å²) in [6, 6.07) is 15.4. The number of benzene rings is 5. The van der Waals surface area contributed by atoms with Gasteiger partial charge in [-0.3, -0.25) is 29.0 Å². The van der Waals surface area contributed by atoms with E-state index in [1.807, 2.05) is 48.5 Å². The molecule has 0 atom stereocenters. The van der Waals surface area contributed by atoms with Crippen molar-refractivity contribution >= 4 is 66.7 Å². The minimum Gasteiger partial charge on any atom is -0.274 e. The maximum Gasteiger partial charge on any atom is 0.261 e. The van der Waals surface area contributed by atoms with Crippen LogP contribution in [0.25, 0.3) is 43.1 Å². The van der Waals surface area contributed by atoms with Crippen LogP contribution in [-0.4, -0.2) is 46.5 Å². The standard InChI is InChI=1S/C45H52N2O4/c1-5-6-7-8-9-10-11-13-16-27-46-41(48)33-22-18-29-31-20-24-35-40-36(44(51)47(43(35)50)28-17-14-12-15-26-45(2,3)4)25-21-32(38(31)40)30-19-23-34(42(46)49)39(33)37(29)30/h18-25H,5-17,26-28H2,1-4H3. The summed E-state index contributed by atoms with van der Waals surface area (Å²) >= 11 is 0. The van der Waals surface area contributed by atoms with Crippen LogP contribution in [-0.2, 0) is 0 Å². The Morgan fingerprint density at radius 2 is 0.725 bits per heavy atom. The van der Waals surface area contributed by atoms with Crippen molar-refractivity contribution in [3.63, 3.8) is 0 Å². The Hall–Kier alpha value is -4.32. The van der Waals surface area contributed by atoms with Crippen molar-refractivity contribution in [1.82, 2.24) is 9.80 Å². The van der Waals surface area contributed by atoms with Crippen molar-refractivity contribution in [2.75, 3.05) is 13.1 Å². The Labute approximate surface area is 301 Å². The predicted molar refractivity (Wildman–Crippen MR) is 208 cm³/mol. The normalized spacial score (nSPS) is 14.8. The predicted octanol–water partition coefficient (Wildman–Crippen LogP) is 11.5. The molecule has 0 aromatic heterocycles. The van der Waals surface area contributed by atoms with Gasteiger partial charge in [-0.15, -0.1) is 0 Å². The number of fused-ring (bicyclic) bond motifs is 2. The van der Waals surface area contributed by atoms with Crippen LogP contribution in [0.5, 0.6) is 0 Å². The van der Waals surface area contributed by atoms with E-state index in [-0.39, 0.29) is 23.6 Å². The Bertz CT molecular complexity index is 2040. The summed E-state index contributed by atoms with van der Waals surface area (Å²) < 4.78 is 0. The minimum atomic E-state index is -0.231. The van der Waals surface area contributed by atoms with Crippen molar-refractivity contribution in [2.45, 2.75) is 118 Å². The Kier molecular flexibility index (Phi) is 9.88. The number of rotatable bonds is 16. The summed E-state index contributed by atoms with van der Waals surface area (Å²) in [5.74, 6) is -0.912. The first kappa shape index (κ1) is 35.1. The molecule has 2 heterocycles. The van der Waals surface area contributed by atoms with Gasteiger partial charge in [0.15, 0.2) is 0 Å². The van der Waals surface area contributed by atoms with E-state index in [1.165, 1.54) is 54.7 Å². The summed E-state index contributed by atoms with van der Waals surface area (Å²) in [4.78, 5) is 58.4. The molecule has 6 nitrogen and oxygen atoms in total. The highest BCUT2D eigenvalue weighted by Gasteiger charge is 2.36. The van der Waals surface area contributed by atoms with Gasteiger partial charge >= 0.3 is 0 Å².